The fourth-order valence-corrected chi connectivity index (χ4v) is 4.93. The summed E-state index contributed by atoms with van der Waals surface area (Å²) in [4.78, 5) is 31.1. The van der Waals surface area contributed by atoms with E-state index in [0.717, 1.165) is 17.9 Å². The molecule has 28 heavy (non-hydrogen) atoms. The topological polar surface area (TPSA) is 61.2 Å². The third kappa shape index (κ3) is 3.72. The molecule has 0 fully saturated rings. The average Bonchev–Trinajstić information content (AvgIpc) is 3.22. The zero-order valence-corrected chi connectivity index (χ0v) is 16.9. The molecule has 0 radical (unpaired) electrons. The minimum absolute atomic E-state index is 0.0102. The lowest BCUT2D eigenvalue weighted by atomic mass is 10.2. The van der Waals surface area contributed by atoms with Crippen LogP contribution in [0.25, 0.3) is 5.69 Å². The largest absolute Gasteiger partial charge is 0.497 e. The first kappa shape index (κ1) is 18.8. The van der Waals surface area contributed by atoms with Crippen LogP contribution in [0, 0.1) is 0 Å². The SMILES string of the molecule is COc1ccc(-n2c(SCC(=O)c3ccccc3)nc3c(c2=O)SCC3)cc1. The summed E-state index contributed by atoms with van der Waals surface area (Å²) >= 11 is 2.84. The van der Waals surface area contributed by atoms with Crippen molar-refractivity contribution in [2.75, 3.05) is 18.6 Å². The van der Waals surface area contributed by atoms with Gasteiger partial charge in [0, 0.05) is 17.7 Å². The number of ketones is 1. The second-order valence-electron chi connectivity index (χ2n) is 6.19. The molecule has 7 heteroatoms. The van der Waals surface area contributed by atoms with Gasteiger partial charge < -0.3 is 4.74 Å². The van der Waals surface area contributed by atoms with E-state index in [2.05, 4.69) is 0 Å². The van der Waals surface area contributed by atoms with Crippen LogP contribution < -0.4 is 10.3 Å². The summed E-state index contributed by atoms with van der Waals surface area (Å²) in [5, 5.41) is 0.542. The van der Waals surface area contributed by atoms with Gasteiger partial charge in [0.25, 0.3) is 5.56 Å². The molecule has 1 aliphatic heterocycles. The van der Waals surface area contributed by atoms with E-state index in [0.29, 0.717) is 27.1 Å². The van der Waals surface area contributed by atoms with E-state index in [1.54, 1.807) is 35.6 Å². The van der Waals surface area contributed by atoms with Gasteiger partial charge in [0.1, 0.15) is 5.75 Å². The molecular formula is C21H18N2O3S2. The summed E-state index contributed by atoms with van der Waals surface area (Å²) in [6.07, 6.45) is 0.777. The van der Waals surface area contributed by atoms with Crippen molar-refractivity contribution in [2.24, 2.45) is 0 Å². The molecule has 0 amide bonds. The normalized spacial score (nSPS) is 12.6. The minimum Gasteiger partial charge on any atom is -0.497 e. The number of Topliss-reactive ketones (excluding diaryl/α,β-unsaturated/α-hetero) is 1. The number of carbonyl (C=O) groups excluding carboxylic acids is 1. The smallest absolute Gasteiger partial charge is 0.272 e. The number of thioether (sulfide) groups is 2. The summed E-state index contributed by atoms with van der Waals surface area (Å²) in [5.41, 5.74) is 2.12. The van der Waals surface area contributed by atoms with Gasteiger partial charge in [-0.05, 0) is 24.3 Å². The molecule has 1 aliphatic rings. The molecule has 0 bridgehead atoms. The Morgan fingerprint density at radius 1 is 1.18 bits per heavy atom. The van der Waals surface area contributed by atoms with Crippen LogP contribution in [-0.2, 0) is 6.42 Å². The lowest BCUT2D eigenvalue weighted by Gasteiger charge is -2.14. The van der Waals surface area contributed by atoms with Crippen LogP contribution in [0.15, 0.2) is 69.4 Å². The van der Waals surface area contributed by atoms with Crippen LogP contribution in [0.5, 0.6) is 5.75 Å². The molecule has 2 aromatic carbocycles. The molecule has 5 nitrogen and oxygen atoms in total. The van der Waals surface area contributed by atoms with Crippen LogP contribution in [0.3, 0.4) is 0 Å². The van der Waals surface area contributed by atoms with Gasteiger partial charge in [-0.1, -0.05) is 42.1 Å². The summed E-state index contributed by atoms with van der Waals surface area (Å²) in [5.74, 6) is 1.81. The van der Waals surface area contributed by atoms with Crippen LogP contribution in [-0.4, -0.2) is 33.9 Å². The van der Waals surface area contributed by atoms with Crippen LogP contribution >= 0.6 is 23.5 Å². The van der Waals surface area contributed by atoms with E-state index in [9.17, 15) is 9.59 Å². The summed E-state index contributed by atoms with van der Waals surface area (Å²) in [7, 11) is 1.60. The fourth-order valence-electron chi connectivity index (χ4n) is 2.99. The van der Waals surface area contributed by atoms with Crippen molar-refractivity contribution >= 4 is 29.3 Å². The third-order valence-electron chi connectivity index (χ3n) is 4.43. The Bertz CT molecular complexity index is 1060. The zero-order valence-electron chi connectivity index (χ0n) is 15.3. The van der Waals surface area contributed by atoms with Crippen molar-refractivity contribution in [3.8, 4) is 11.4 Å². The Balaban J connectivity index is 1.70. The molecule has 0 saturated heterocycles. The first-order valence-corrected chi connectivity index (χ1v) is 10.8. The van der Waals surface area contributed by atoms with Gasteiger partial charge in [0.15, 0.2) is 10.9 Å². The third-order valence-corrected chi connectivity index (χ3v) is 6.47. The highest BCUT2D eigenvalue weighted by atomic mass is 32.2. The first-order chi connectivity index (χ1) is 13.7. The number of hydrogen-bond donors (Lipinski definition) is 0. The fraction of sp³-hybridized carbons (Fsp3) is 0.190. The summed E-state index contributed by atoms with van der Waals surface area (Å²) in [6, 6.07) is 16.4. The number of nitrogens with zero attached hydrogens (tertiary/aromatic N) is 2. The molecule has 0 unspecified atom stereocenters. The summed E-state index contributed by atoms with van der Waals surface area (Å²) in [6.45, 7) is 0. The molecule has 0 saturated carbocycles. The number of aryl methyl sites for hydroxylation is 1. The quantitative estimate of drug-likeness (QED) is 0.349. The predicted octanol–water partition coefficient (Wildman–Crippen LogP) is 3.86. The molecule has 3 aromatic rings. The lowest BCUT2D eigenvalue weighted by Crippen LogP contribution is -2.24. The number of benzene rings is 2. The molecule has 1 aromatic heterocycles. The van der Waals surface area contributed by atoms with Gasteiger partial charge in [-0.25, -0.2) is 4.98 Å². The number of methoxy groups -OCH3 is 1. The Hall–Kier alpha value is -2.51. The van der Waals surface area contributed by atoms with Crippen molar-refractivity contribution in [1.29, 1.82) is 0 Å². The van der Waals surface area contributed by atoms with Crippen LogP contribution in [0.4, 0.5) is 0 Å². The maximum absolute atomic E-state index is 13.1. The van der Waals surface area contributed by atoms with Gasteiger partial charge in [-0.15, -0.1) is 11.8 Å². The Kier molecular flexibility index (Phi) is 5.54. The number of hydrogen-bond acceptors (Lipinski definition) is 6. The van der Waals surface area contributed by atoms with Crippen molar-refractivity contribution in [2.45, 2.75) is 16.5 Å². The standard InChI is InChI=1S/C21H18N2O3S2/c1-26-16-9-7-15(8-10-16)23-20(25)19-17(11-12-27-19)22-21(23)28-13-18(24)14-5-3-2-4-6-14/h2-10H,11-13H2,1H3. The monoisotopic (exact) mass is 410 g/mol. The first-order valence-electron chi connectivity index (χ1n) is 8.81. The van der Waals surface area contributed by atoms with E-state index in [-0.39, 0.29) is 17.1 Å². The average molecular weight is 411 g/mol. The second kappa shape index (κ2) is 8.24. The van der Waals surface area contributed by atoms with Crippen LogP contribution in [0.2, 0.25) is 0 Å². The van der Waals surface area contributed by atoms with Crippen molar-refractivity contribution in [3.63, 3.8) is 0 Å². The van der Waals surface area contributed by atoms with Crippen molar-refractivity contribution < 1.29 is 9.53 Å². The van der Waals surface area contributed by atoms with Gasteiger partial charge in [0.2, 0.25) is 0 Å². The Labute approximate surface area is 171 Å². The van der Waals surface area contributed by atoms with E-state index in [1.165, 1.54) is 11.8 Å². The molecular weight excluding hydrogens is 392 g/mol. The van der Waals surface area contributed by atoms with Gasteiger partial charge in [0.05, 0.1) is 29.1 Å². The number of ether oxygens (including phenoxy) is 1. The summed E-state index contributed by atoms with van der Waals surface area (Å²) < 4.78 is 6.81. The number of carbonyl (C=O) groups is 1. The zero-order chi connectivity index (χ0) is 19.5. The Morgan fingerprint density at radius 3 is 2.64 bits per heavy atom. The van der Waals surface area contributed by atoms with Gasteiger partial charge in [-0.2, -0.15) is 0 Å². The molecule has 4 rings (SSSR count). The van der Waals surface area contributed by atoms with Crippen LogP contribution in [0.1, 0.15) is 16.1 Å². The van der Waals surface area contributed by atoms with E-state index >= 15 is 0 Å². The van der Waals surface area contributed by atoms with Gasteiger partial charge in [-0.3, -0.25) is 14.2 Å². The van der Waals surface area contributed by atoms with Crippen molar-refractivity contribution in [3.05, 3.63) is 76.2 Å². The minimum atomic E-state index is -0.0765. The maximum atomic E-state index is 13.1. The lowest BCUT2D eigenvalue weighted by molar-refractivity contribution is 0.102. The number of aromatic nitrogens is 2. The molecule has 0 aliphatic carbocycles. The molecule has 0 N–H and O–H groups in total. The molecule has 142 valence electrons. The molecule has 2 heterocycles. The van der Waals surface area contributed by atoms with Gasteiger partial charge >= 0.3 is 0 Å². The van der Waals surface area contributed by atoms with E-state index in [4.69, 9.17) is 9.72 Å². The van der Waals surface area contributed by atoms with E-state index < -0.39 is 0 Å². The Morgan fingerprint density at radius 2 is 1.93 bits per heavy atom. The highest BCUT2D eigenvalue weighted by Crippen LogP contribution is 2.30. The highest BCUT2D eigenvalue weighted by molar-refractivity contribution is 8.00. The number of rotatable bonds is 6. The highest BCUT2D eigenvalue weighted by Gasteiger charge is 2.23. The predicted molar refractivity (Wildman–Crippen MR) is 112 cm³/mol. The second-order valence-corrected chi connectivity index (χ2v) is 8.23. The van der Waals surface area contributed by atoms with E-state index in [1.807, 2.05) is 42.5 Å². The molecule has 0 spiro atoms. The molecule has 0 atom stereocenters. The van der Waals surface area contributed by atoms with Crippen molar-refractivity contribution in [1.82, 2.24) is 9.55 Å². The number of fused-ring (bicyclic) bond motifs is 1. The maximum Gasteiger partial charge on any atom is 0.272 e.